The minimum absolute atomic E-state index is 0.0628. The molecule has 2 aromatic carbocycles. The van der Waals surface area contributed by atoms with Gasteiger partial charge in [-0.25, -0.2) is 4.39 Å². The van der Waals surface area contributed by atoms with Crippen molar-refractivity contribution in [3.8, 4) is 11.1 Å². The highest BCUT2D eigenvalue weighted by Crippen LogP contribution is 2.21. The van der Waals surface area contributed by atoms with Crippen LogP contribution in [0.15, 0.2) is 67.0 Å². The molecular formula is C21H21FN2O. The second-order valence-electron chi connectivity index (χ2n) is 5.94. The number of rotatable bonds is 7. The van der Waals surface area contributed by atoms with Crippen LogP contribution < -0.4 is 5.32 Å². The first-order valence-electron chi connectivity index (χ1n) is 8.34. The van der Waals surface area contributed by atoms with Crippen molar-refractivity contribution in [3.05, 3.63) is 89.5 Å². The van der Waals surface area contributed by atoms with Crippen LogP contribution in [0.4, 0.5) is 4.39 Å². The zero-order valence-corrected chi connectivity index (χ0v) is 14.0. The van der Waals surface area contributed by atoms with Gasteiger partial charge in [-0.1, -0.05) is 36.4 Å². The summed E-state index contributed by atoms with van der Waals surface area (Å²) in [5.74, 6) is -0.200. The third-order valence-electron chi connectivity index (χ3n) is 4.18. The minimum Gasteiger partial charge on any atom is -0.392 e. The van der Waals surface area contributed by atoms with Gasteiger partial charge in [-0.2, -0.15) is 0 Å². The fourth-order valence-electron chi connectivity index (χ4n) is 2.68. The van der Waals surface area contributed by atoms with E-state index in [-0.39, 0.29) is 12.4 Å². The molecule has 0 atom stereocenters. The van der Waals surface area contributed by atoms with E-state index < -0.39 is 0 Å². The number of nitrogens with zero attached hydrogens (tertiary/aromatic N) is 1. The van der Waals surface area contributed by atoms with Crippen LogP contribution in [-0.2, 0) is 19.6 Å². The molecule has 3 aromatic rings. The van der Waals surface area contributed by atoms with Crippen molar-refractivity contribution >= 4 is 0 Å². The summed E-state index contributed by atoms with van der Waals surface area (Å²) in [4.78, 5) is 3.98. The Balaban J connectivity index is 1.53. The molecule has 0 saturated heterocycles. The molecule has 3 nitrogen and oxygen atoms in total. The number of aromatic nitrogens is 1. The van der Waals surface area contributed by atoms with Crippen LogP contribution in [0.3, 0.4) is 0 Å². The van der Waals surface area contributed by atoms with E-state index in [4.69, 9.17) is 5.11 Å². The van der Waals surface area contributed by atoms with E-state index in [0.29, 0.717) is 12.1 Å². The number of pyridine rings is 1. The molecule has 0 aliphatic heterocycles. The van der Waals surface area contributed by atoms with Gasteiger partial charge in [0, 0.05) is 24.5 Å². The summed E-state index contributed by atoms with van der Waals surface area (Å²) in [6.07, 6.45) is 4.27. The number of halogens is 1. The first-order chi connectivity index (χ1) is 12.3. The van der Waals surface area contributed by atoms with E-state index >= 15 is 0 Å². The molecule has 0 radical (unpaired) electrons. The zero-order valence-electron chi connectivity index (χ0n) is 14.0. The second kappa shape index (κ2) is 8.51. The first kappa shape index (κ1) is 17.3. The Morgan fingerprint density at radius 1 is 0.880 bits per heavy atom. The van der Waals surface area contributed by atoms with Gasteiger partial charge in [-0.3, -0.25) is 4.98 Å². The lowest BCUT2D eigenvalue weighted by Gasteiger charge is -2.08. The van der Waals surface area contributed by atoms with E-state index in [1.165, 1.54) is 5.56 Å². The Bertz CT molecular complexity index is 804. The molecule has 1 heterocycles. The molecule has 0 fully saturated rings. The Hall–Kier alpha value is -2.56. The molecule has 0 aliphatic rings. The van der Waals surface area contributed by atoms with Gasteiger partial charge in [0.05, 0.1) is 6.61 Å². The van der Waals surface area contributed by atoms with Crippen LogP contribution in [0.5, 0.6) is 0 Å². The molecule has 0 amide bonds. The lowest BCUT2D eigenvalue weighted by Crippen LogP contribution is -2.17. The lowest BCUT2D eigenvalue weighted by molar-refractivity contribution is 0.282. The Kier molecular flexibility index (Phi) is 5.88. The predicted molar refractivity (Wildman–Crippen MR) is 97.4 cm³/mol. The van der Waals surface area contributed by atoms with Crippen molar-refractivity contribution in [2.24, 2.45) is 0 Å². The molecule has 0 unspecified atom stereocenters. The number of aliphatic hydroxyl groups excluding tert-OH is 1. The zero-order chi connectivity index (χ0) is 17.5. The van der Waals surface area contributed by atoms with Gasteiger partial charge < -0.3 is 10.4 Å². The normalized spacial score (nSPS) is 10.8. The van der Waals surface area contributed by atoms with Crippen LogP contribution in [0.25, 0.3) is 11.1 Å². The third kappa shape index (κ3) is 4.72. The van der Waals surface area contributed by atoms with Gasteiger partial charge in [0.1, 0.15) is 5.82 Å². The Morgan fingerprint density at radius 3 is 2.28 bits per heavy atom. The van der Waals surface area contributed by atoms with Gasteiger partial charge in [0.15, 0.2) is 0 Å². The second-order valence-corrected chi connectivity index (χ2v) is 5.94. The molecule has 128 valence electrons. The van der Waals surface area contributed by atoms with Gasteiger partial charge in [0.2, 0.25) is 0 Å². The standard InChI is InChI=1S/C21H21FN2O/c22-21-13-19(18-8-11-23-12-9-18)5-6-20(21)14-24-10-7-16-1-3-17(15-25)4-2-16/h1-6,8-9,11-13,24-25H,7,10,14-15H2. The highest BCUT2D eigenvalue weighted by atomic mass is 19.1. The fourth-order valence-corrected chi connectivity index (χ4v) is 2.68. The number of hydrogen-bond acceptors (Lipinski definition) is 3. The molecule has 1 aromatic heterocycles. The van der Waals surface area contributed by atoms with E-state index in [1.807, 2.05) is 48.5 Å². The largest absolute Gasteiger partial charge is 0.392 e. The topological polar surface area (TPSA) is 45.1 Å². The molecule has 0 bridgehead atoms. The summed E-state index contributed by atoms with van der Waals surface area (Å²) in [5, 5.41) is 12.3. The quantitative estimate of drug-likeness (QED) is 0.647. The molecule has 3 rings (SSSR count). The summed E-state index contributed by atoms with van der Waals surface area (Å²) >= 11 is 0. The summed E-state index contributed by atoms with van der Waals surface area (Å²) < 4.78 is 14.3. The smallest absolute Gasteiger partial charge is 0.128 e. The Labute approximate surface area is 147 Å². The molecule has 4 heteroatoms. The SMILES string of the molecule is OCc1ccc(CCNCc2ccc(-c3ccncc3)cc2F)cc1. The molecular weight excluding hydrogens is 315 g/mol. The molecule has 0 aliphatic carbocycles. The van der Waals surface area contributed by atoms with Crippen molar-refractivity contribution in [2.45, 2.75) is 19.6 Å². The summed E-state index contributed by atoms with van der Waals surface area (Å²) in [5.41, 5.74) is 4.58. The van der Waals surface area contributed by atoms with E-state index in [9.17, 15) is 4.39 Å². The monoisotopic (exact) mass is 336 g/mol. The summed E-state index contributed by atoms with van der Waals surface area (Å²) in [7, 11) is 0. The highest BCUT2D eigenvalue weighted by Gasteiger charge is 2.05. The van der Waals surface area contributed by atoms with Gasteiger partial charge >= 0.3 is 0 Å². The van der Waals surface area contributed by atoms with Crippen molar-refractivity contribution in [1.82, 2.24) is 10.3 Å². The number of hydrogen-bond donors (Lipinski definition) is 2. The first-order valence-corrected chi connectivity index (χ1v) is 8.34. The van der Waals surface area contributed by atoms with Crippen molar-refractivity contribution in [2.75, 3.05) is 6.54 Å². The maximum absolute atomic E-state index is 14.3. The number of benzene rings is 2. The van der Waals surface area contributed by atoms with Crippen LogP contribution in [0.1, 0.15) is 16.7 Å². The molecule has 0 saturated carbocycles. The van der Waals surface area contributed by atoms with Crippen molar-refractivity contribution in [1.29, 1.82) is 0 Å². The third-order valence-corrected chi connectivity index (χ3v) is 4.18. The molecule has 25 heavy (non-hydrogen) atoms. The highest BCUT2D eigenvalue weighted by molar-refractivity contribution is 5.63. The Morgan fingerprint density at radius 2 is 1.60 bits per heavy atom. The van der Waals surface area contributed by atoms with Crippen LogP contribution in [0, 0.1) is 5.82 Å². The maximum atomic E-state index is 14.3. The van der Waals surface area contributed by atoms with Gasteiger partial charge in [-0.15, -0.1) is 0 Å². The summed E-state index contributed by atoms with van der Waals surface area (Å²) in [6.45, 7) is 1.33. The summed E-state index contributed by atoms with van der Waals surface area (Å²) in [6, 6.07) is 16.9. The average molecular weight is 336 g/mol. The van der Waals surface area contributed by atoms with Crippen molar-refractivity contribution in [3.63, 3.8) is 0 Å². The van der Waals surface area contributed by atoms with Crippen molar-refractivity contribution < 1.29 is 9.50 Å². The van der Waals surface area contributed by atoms with E-state index in [2.05, 4.69) is 10.3 Å². The van der Waals surface area contributed by atoms with E-state index in [1.54, 1.807) is 18.5 Å². The van der Waals surface area contributed by atoms with Gasteiger partial charge in [0.25, 0.3) is 0 Å². The lowest BCUT2D eigenvalue weighted by atomic mass is 10.0. The van der Waals surface area contributed by atoms with Crippen LogP contribution >= 0.6 is 0 Å². The minimum atomic E-state index is -0.200. The average Bonchev–Trinajstić information content (AvgIpc) is 2.67. The number of nitrogens with one attached hydrogen (secondary N) is 1. The molecule has 2 N–H and O–H groups in total. The van der Waals surface area contributed by atoms with Crippen LogP contribution in [-0.4, -0.2) is 16.6 Å². The number of aliphatic hydroxyl groups is 1. The van der Waals surface area contributed by atoms with E-state index in [0.717, 1.165) is 29.7 Å². The predicted octanol–water partition coefficient (Wildman–Crippen LogP) is 3.71. The molecule has 0 spiro atoms. The van der Waals surface area contributed by atoms with Gasteiger partial charge in [-0.05, 0) is 53.4 Å². The maximum Gasteiger partial charge on any atom is 0.128 e. The fraction of sp³-hybridized carbons (Fsp3) is 0.190. The van der Waals surface area contributed by atoms with Crippen LogP contribution in [0.2, 0.25) is 0 Å².